The average Bonchev–Trinajstić information content (AvgIpc) is 1.00. The first-order valence-electron chi connectivity index (χ1n) is 0.129. The number of hydrogen-bond donors (Lipinski definition) is 0. The van der Waals surface area contributed by atoms with Crippen molar-refractivity contribution in [3.8, 4) is 0 Å². The first-order valence-corrected chi connectivity index (χ1v) is 0.532. The molecular formula is NiO3Zr. The third-order valence-electron chi connectivity index (χ3n) is 0. The van der Waals surface area contributed by atoms with E-state index < -0.39 is 0 Å². The Morgan fingerprint density at radius 3 is 1.00 bits per heavy atom. The molecule has 0 aromatic carbocycles. The smallest absolute Gasteiger partial charge is 4.00 e. The van der Waals surface area contributed by atoms with Gasteiger partial charge in [0.05, 0.1) is 0 Å². The second-order valence-electron chi connectivity index (χ2n) is 0. The molecule has 0 rings (SSSR count). The summed E-state index contributed by atoms with van der Waals surface area (Å²) in [5.41, 5.74) is 0. The van der Waals surface area contributed by atoms with Crippen LogP contribution in [0.3, 0.4) is 0 Å². The Kier molecular flexibility index (Phi) is 512. The standard InChI is InChI=1S/Ni.3O.Zr/q;;2*-2;+4. The molecule has 0 aromatic heterocycles. The fourth-order valence-corrected chi connectivity index (χ4v) is 0. The van der Waals surface area contributed by atoms with Crippen LogP contribution in [0.25, 0.3) is 0 Å². The number of rotatable bonds is 0. The van der Waals surface area contributed by atoms with E-state index in [1.807, 2.05) is 0 Å². The van der Waals surface area contributed by atoms with Crippen LogP contribution in [0.5, 0.6) is 0 Å². The van der Waals surface area contributed by atoms with Gasteiger partial charge in [-0.25, -0.2) is 0 Å². The Bertz CT molecular complexity index is 6.85. The Labute approximate surface area is 56.4 Å². The third kappa shape index (κ3) is 40.6. The molecule has 0 aliphatic rings. The van der Waals surface area contributed by atoms with E-state index in [0.29, 0.717) is 0 Å². The second kappa shape index (κ2) is 71.1. The van der Waals surface area contributed by atoms with Crippen LogP contribution in [0.2, 0.25) is 0 Å². The summed E-state index contributed by atoms with van der Waals surface area (Å²) in [6.45, 7) is 0. The Hall–Kier alpha value is 1.10. The van der Waals surface area contributed by atoms with E-state index in [-0.39, 0.29) is 37.2 Å². The average molecular weight is 198 g/mol. The Balaban J connectivity index is -0.00000000167. The first-order chi connectivity index (χ1) is 1.00. The predicted octanol–water partition coefficient (Wildman–Crippen LogP) is -0.361. The molecule has 0 aliphatic heterocycles. The molecule has 0 bridgehead atoms. The van der Waals surface area contributed by atoms with E-state index in [9.17, 15) is 0 Å². The minimum absolute atomic E-state index is 0. The van der Waals surface area contributed by atoms with E-state index in [1.165, 1.54) is 0 Å². The molecule has 0 aromatic rings. The summed E-state index contributed by atoms with van der Waals surface area (Å²) in [6, 6.07) is 0. The minimum atomic E-state index is 0. The molecule has 0 saturated carbocycles. The van der Waals surface area contributed by atoms with Gasteiger partial charge in [0.15, 0.2) is 0 Å². The van der Waals surface area contributed by atoms with Crippen LogP contribution < -0.4 is 0 Å². The molecule has 5 heavy (non-hydrogen) atoms. The summed E-state index contributed by atoms with van der Waals surface area (Å²) in [4.78, 5) is 0. The summed E-state index contributed by atoms with van der Waals surface area (Å²) in [5.74, 6) is 0. The molecule has 3 nitrogen and oxygen atoms in total. The van der Waals surface area contributed by atoms with Crippen LogP contribution in [0, 0.1) is 0 Å². The zero-order valence-electron chi connectivity index (χ0n) is 2.04. The van der Waals surface area contributed by atoms with Crippen LogP contribution in [-0.4, -0.2) is 0 Å². The summed E-state index contributed by atoms with van der Waals surface area (Å²) < 4.78 is 7.88. The van der Waals surface area contributed by atoms with Gasteiger partial charge < -0.3 is 11.0 Å². The van der Waals surface area contributed by atoms with Crippen LogP contribution in [0.15, 0.2) is 0 Å². The molecule has 0 fully saturated rings. The molecule has 0 unspecified atom stereocenters. The zero-order valence-corrected chi connectivity index (χ0v) is 5.49. The fourth-order valence-electron chi connectivity index (χ4n) is 0. The van der Waals surface area contributed by atoms with Crippen molar-refractivity contribution < 1.29 is 56.4 Å². The molecule has 0 amide bonds. The Morgan fingerprint density at radius 2 is 1.00 bits per heavy atom. The first kappa shape index (κ1) is 36.0. The van der Waals surface area contributed by atoms with Crippen molar-refractivity contribution in [2.45, 2.75) is 0 Å². The number of hydrogen-bond acceptors (Lipinski definition) is 1. The van der Waals surface area contributed by atoms with Gasteiger partial charge >= 0.3 is 45.5 Å². The van der Waals surface area contributed by atoms with E-state index >= 15 is 0 Å². The van der Waals surface area contributed by atoms with E-state index in [2.05, 4.69) is 15.4 Å². The largest absolute Gasteiger partial charge is 4.00 e. The van der Waals surface area contributed by atoms with Crippen LogP contribution >= 0.6 is 0 Å². The normalized spacial score (nSPS) is 1.20. The monoisotopic (exact) mass is 196 g/mol. The summed E-state index contributed by atoms with van der Waals surface area (Å²) in [6.07, 6.45) is 0. The van der Waals surface area contributed by atoms with Crippen LogP contribution in [0.1, 0.15) is 0 Å². The minimum Gasteiger partial charge on any atom is 4.00 e. The molecule has 0 N–H and O–H groups in total. The molecule has 0 atom stereocenters. The predicted molar refractivity (Wildman–Crippen MR) is 2.06 cm³/mol. The van der Waals surface area contributed by atoms with Gasteiger partial charge in [-0.1, -0.05) is 0 Å². The molecular weight excluding hydrogens is 198 g/mol. The van der Waals surface area contributed by atoms with E-state index in [1.54, 1.807) is 0 Å². The summed E-state index contributed by atoms with van der Waals surface area (Å²) in [7, 11) is 0. The van der Waals surface area contributed by atoms with Gasteiger partial charge in [0, 0.05) is 0 Å². The summed E-state index contributed by atoms with van der Waals surface area (Å²) in [5, 5.41) is 0. The second-order valence-corrected chi connectivity index (χ2v) is 0. The molecule has 0 saturated heterocycles. The van der Waals surface area contributed by atoms with Gasteiger partial charge in [-0.3, -0.25) is 0 Å². The van der Waals surface area contributed by atoms with Crippen LogP contribution in [-0.2, 0) is 56.4 Å². The van der Waals surface area contributed by atoms with Gasteiger partial charge in [-0.15, -0.1) is 0 Å². The van der Waals surface area contributed by atoms with E-state index in [0.717, 1.165) is 0 Å². The van der Waals surface area contributed by atoms with Gasteiger partial charge in [-0.2, -0.15) is 0 Å². The van der Waals surface area contributed by atoms with Crippen LogP contribution in [0.4, 0.5) is 0 Å². The van der Waals surface area contributed by atoms with Crippen molar-refractivity contribution >= 4 is 0 Å². The third-order valence-corrected chi connectivity index (χ3v) is 0. The quantitative estimate of drug-likeness (QED) is 0.489. The SMILES string of the molecule is [O-2].[O-2].[O]=[Ni].[Zr+4]. The van der Waals surface area contributed by atoms with Crippen molar-refractivity contribution in [2.24, 2.45) is 0 Å². The van der Waals surface area contributed by atoms with E-state index in [4.69, 9.17) is 3.90 Å². The fraction of sp³-hybridized carbons (Fsp3) is 0. The zero-order chi connectivity index (χ0) is 2.00. The molecule has 32 valence electrons. The maximum absolute atomic E-state index is 7.88. The van der Waals surface area contributed by atoms with Gasteiger partial charge in [0.25, 0.3) is 0 Å². The van der Waals surface area contributed by atoms with Crippen molar-refractivity contribution in [3.05, 3.63) is 0 Å². The molecule has 0 aliphatic carbocycles. The molecule has 5 heteroatoms. The molecule has 0 heterocycles. The molecule has 0 radical (unpaired) electrons. The van der Waals surface area contributed by atoms with Crippen molar-refractivity contribution in [3.63, 3.8) is 0 Å². The van der Waals surface area contributed by atoms with Gasteiger partial charge in [0.2, 0.25) is 0 Å². The molecule has 0 spiro atoms. The van der Waals surface area contributed by atoms with Crippen molar-refractivity contribution in [1.82, 2.24) is 0 Å². The van der Waals surface area contributed by atoms with Gasteiger partial charge in [0.1, 0.15) is 0 Å². The van der Waals surface area contributed by atoms with Gasteiger partial charge in [-0.05, 0) is 0 Å². The van der Waals surface area contributed by atoms with Crippen molar-refractivity contribution in [2.75, 3.05) is 0 Å². The maximum atomic E-state index is 7.88. The summed E-state index contributed by atoms with van der Waals surface area (Å²) >= 11 is 2.62. The van der Waals surface area contributed by atoms with Crippen molar-refractivity contribution in [1.29, 1.82) is 0 Å². The Morgan fingerprint density at radius 1 is 1.00 bits per heavy atom. The topological polar surface area (TPSA) is 74.1 Å². The maximum Gasteiger partial charge on any atom is 4.00 e.